The van der Waals surface area contributed by atoms with Crippen LogP contribution in [0.4, 0.5) is 0 Å². The van der Waals surface area contributed by atoms with E-state index in [2.05, 4.69) is 15.3 Å². The highest BCUT2D eigenvalue weighted by Crippen LogP contribution is 2.07. The van der Waals surface area contributed by atoms with E-state index in [1.54, 1.807) is 6.07 Å². The van der Waals surface area contributed by atoms with Gasteiger partial charge >= 0.3 is 0 Å². The summed E-state index contributed by atoms with van der Waals surface area (Å²) in [6.45, 7) is 1.79. The smallest absolute Gasteiger partial charge is 0.258 e. The van der Waals surface area contributed by atoms with Crippen molar-refractivity contribution in [2.24, 2.45) is 0 Å². The number of H-pyrrole nitrogens is 1. The molecule has 1 aromatic heterocycles. The lowest BCUT2D eigenvalue weighted by Gasteiger charge is -2.07. The van der Waals surface area contributed by atoms with Gasteiger partial charge in [0, 0.05) is 26.0 Å². The Hall–Kier alpha value is -2.99. The van der Waals surface area contributed by atoms with Crippen molar-refractivity contribution in [2.75, 3.05) is 13.2 Å². The summed E-state index contributed by atoms with van der Waals surface area (Å²) >= 11 is 0. The summed E-state index contributed by atoms with van der Waals surface area (Å²) in [6, 6.07) is 17.3. The summed E-state index contributed by atoms with van der Waals surface area (Å²) in [7, 11) is 0. The van der Waals surface area contributed by atoms with Crippen LogP contribution in [0.15, 0.2) is 59.4 Å². The molecule has 1 heterocycles. The van der Waals surface area contributed by atoms with E-state index in [9.17, 15) is 9.59 Å². The van der Waals surface area contributed by atoms with Crippen LogP contribution in [-0.4, -0.2) is 29.0 Å². The lowest BCUT2D eigenvalue weighted by molar-refractivity contribution is -0.121. The van der Waals surface area contributed by atoms with Crippen molar-refractivity contribution in [2.45, 2.75) is 32.3 Å². The number of nitrogens with zero attached hydrogens (tertiary/aromatic N) is 1. The average Bonchev–Trinajstić information content (AvgIpc) is 2.71. The first-order chi connectivity index (χ1) is 13.7. The Kier molecular flexibility index (Phi) is 7.32. The zero-order valence-corrected chi connectivity index (χ0v) is 15.8. The Morgan fingerprint density at radius 2 is 1.82 bits per heavy atom. The van der Waals surface area contributed by atoms with E-state index >= 15 is 0 Å². The van der Waals surface area contributed by atoms with Gasteiger partial charge in [0.2, 0.25) is 5.91 Å². The number of fused-ring (bicyclic) bond motifs is 1. The molecule has 3 aromatic rings. The number of rotatable bonds is 10. The van der Waals surface area contributed by atoms with Crippen LogP contribution in [0.5, 0.6) is 0 Å². The molecular formula is C22H25N3O3. The third-order valence-corrected chi connectivity index (χ3v) is 4.38. The Morgan fingerprint density at radius 3 is 2.68 bits per heavy atom. The molecule has 0 spiro atoms. The zero-order valence-electron chi connectivity index (χ0n) is 15.8. The van der Waals surface area contributed by atoms with Gasteiger partial charge in [0.05, 0.1) is 17.5 Å². The molecule has 146 valence electrons. The monoisotopic (exact) mass is 379 g/mol. The number of carbonyl (C=O) groups excluding carboxylic acids is 1. The average molecular weight is 379 g/mol. The maximum atomic E-state index is 12.0. The lowest BCUT2D eigenvalue weighted by Crippen LogP contribution is -2.25. The van der Waals surface area contributed by atoms with Crippen molar-refractivity contribution in [3.63, 3.8) is 0 Å². The van der Waals surface area contributed by atoms with Gasteiger partial charge in [-0.15, -0.1) is 0 Å². The molecular weight excluding hydrogens is 354 g/mol. The normalized spacial score (nSPS) is 10.9. The maximum Gasteiger partial charge on any atom is 0.258 e. The molecule has 0 radical (unpaired) electrons. The third-order valence-electron chi connectivity index (χ3n) is 4.38. The molecule has 0 saturated carbocycles. The van der Waals surface area contributed by atoms with Crippen molar-refractivity contribution < 1.29 is 9.53 Å². The minimum atomic E-state index is -0.138. The predicted octanol–water partition coefficient (Wildman–Crippen LogP) is 2.97. The van der Waals surface area contributed by atoms with Crippen LogP contribution in [0.1, 0.15) is 30.7 Å². The van der Waals surface area contributed by atoms with Crippen molar-refractivity contribution >= 4 is 16.8 Å². The second kappa shape index (κ2) is 10.4. The van der Waals surface area contributed by atoms with Gasteiger partial charge in [-0.05, 0) is 30.5 Å². The van der Waals surface area contributed by atoms with E-state index in [4.69, 9.17) is 4.74 Å². The van der Waals surface area contributed by atoms with Gasteiger partial charge in [0.15, 0.2) is 0 Å². The predicted molar refractivity (Wildman–Crippen MR) is 109 cm³/mol. The number of hydrogen-bond acceptors (Lipinski definition) is 4. The number of aromatic amines is 1. The van der Waals surface area contributed by atoms with Crippen LogP contribution in [0, 0.1) is 0 Å². The SMILES string of the molecule is O=C(CCCc1nc2ccccc2c(=O)[nH]1)NCCCOCc1ccccc1. The van der Waals surface area contributed by atoms with Crippen molar-refractivity contribution in [3.8, 4) is 0 Å². The quantitative estimate of drug-likeness (QED) is 0.531. The van der Waals surface area contributed by atoms with Crippen LogP contribution < -0.4 is 10.9 Å². The minimum Gasteiger partial charge on any atom is -0.377 e. The minimum absolute atomic E-state index is 0.00574. The Bertz CT molecular complexity index is 954. The molecule has 0 aliphatic heterocycles. The third kappa shape index (κ3) is 6.03. The van der Waals surface area contributed by atoms with Crippen LogP contribution in [-0.2, 0) is 22.6 Å². The molecule has 0 aliphatic carbocycles. The van der Waals surface area contributed by atoms with Crippen molar-refractivity contribution in [3.05, 3.63) is 76.3 Å². The van der Waals surface area contributed by atoms with E-state index in [0.717, 1.165) is 12.0 Å². The van der Waals surface area contributed by atoms with E-state index in [1.165, 1.54) is 0 Å². The van der Waals surface area contributed by atoms with Crippen LogP contribution >= 0.6 is 0 Å². The van der Waals surface area contributed by atoms with Crippen LogP contribution in [0.3, 0.4) is 0 Å². The van der Waals surface area contributed by atoms with E-state index in [1.807, 2.05) is 48.5 Å². The molecule has 6 nitrogen and oxygen atoms in total. The number of aryl methyl sites for hydroxylation is 1. The van der Waals surface area contributed by atoms with Gasteiger partial charge in [-0.25, -0.2) is 4.98 Å². The highest BCUT2D eigenvalue weighted by molar-refractivity contribution is 5.77. The number of para-hydroxylation sites is 1. The molecule has 0 aliphatic rings. The molecule has 2 aromatic carbocycles. The van der Waals surface area contributed by atoms with Crippen molar-refractivity contribution in [1.82, 2.24) is 15.3 Å². The molecule has 0 bridgehead atoms. The number of nitrogens with one attached hydrogen (secondary N) is 2. The molecule has 1 amide bonds. The first-order valence-electron chi connectivity index (χ1n) is 9.59. The topological polar surface area (TPSA) is 84.1 Å². The second-order valence-corrected chi connectivity index (χ2v) is 6.63. The van der Waals surface area contributed by atoms with Gasteiger partial charge in [-0.1, -0.05) is 42.5 Å². The van der Waals surface area contributed by atoms with Gasteiger partial charge in [0.25, 0.3) is 5.56 Å². The molecule has 0 saturated heterocycles. The maximum absolute atomic E-state index is 12.0. The first kappa shape index (κ1) is 19.8. The highest BCUT2D eigenvalue weighted by Gasteiger charge is 2.05. The van der Waals surface area contributed by atoms with Crippen LogP contribution in [0.2, 0.25) is 0 Å². The first-order valence-corrected chi connectivity index (χ1v) is 9.59. The van der Waals surface area contributed by atoms with Gasteiger partial charge in [-0.3, -0.25) is 9.59 Å². The molecule has 2 N–H and O–H groups in total. The summed E-state index contributed by atoms with van der Waals surface area (Å²) in [5.74, 6) is 0.622. The van der Waals surface area contributed by atoms with Gasteiger partial charge in [-0.2, -0.15) is 0 Å². The Balaban J connectivity index is 1.30. The number of ether oxygens (including phenoxy) is 1. The fourth-order valence-electron chi connectivity index (χ4n) is 2.92. The van der Waals surface area contributed by atoms with E-state index < -0.39 is 0 Å². The number of benzene rings is 2. The number of aromatic nitrogens is 2. The fourth-order valence-corrected chi connectivity index (χ4v) is 2.92. The Morgan fingerprint density at radius 1 is 1.04 bits per heavy atom. The van der Waals surface area contributed by atoms with E-state index in [0.29, 0.717) is 55.7 Å². The molecule has 0 unspecified atom stereocenters. The number of amides is 1. The molecule has 6 heteroatoms. The largest absolute Gasteiger partial charge is 0.377 e. The van der Waals surface area contributed by atoms with Gasteiger partial charge in [0.1, 0.15) is 5.82 Å². The Labute approximate surface area is 164 Å². The molecule has 0 fully saturated rings. The standard InChI is InChI=1S/C22H25N3O3/c26-21(23-14-7-15-28-16-17-8-2-1-3-9-17)13-6-12-20-24-19-11-5-4-10-18(19)22(27)25-20/h1-5,8-11H,6-7,12-16H2,(H,23,26)(H,24,25,27). The molecule has 28 heavy (non-hydrogen) atoms. The summed E-state index contributed by atoms with van der Waals surface area (Å²) in [6.07, 6.45) is 2.38. The summed E-state index contributed by atoms with van der Waals surface area (Å²) in [5, 5.41) is 3.48. The zero-order chi connectivity index (χ0) is 19.6. The van der Waals surface area contributed by atoms with E-state index in [-0.39, 0.29) is 11.5 Å². The number of carbonyl (C=O) groups is 1. The molecule has 3 rings (SSSR count). The fraction of sp³-hybridized carbons (Fsp3) is 0.318. The summed E-state index contributed by atoms with van der Waals surface area (Å²) < 4.78 is 5.59. The van der Waals surface area contributed by atoms with Gasteiger partial charge < -0.3 is 15.0 Å². The highest BCUT2D eigenvalue weighted by atomic mass is 16.5. The summed E-state index contributed by atoms with van der Waals surface area (Å²) in [4.78, 5) is 31.2. The lowest BCUT2D eigenvalue weighted by atomic mass is 10.2. The van der Waals surface area contributed by atoms with Crippen molar-refractivity contribution in [1.29, 1.82) is 0 Å². The summed E-state index contributed by atoms with van der Waals surface area (Å²) in [5.41, 5.74) is 1.69. The van der Waals surface area contributed by atoms with Crippen LogP contribution in [0.25, 0.3) is 10.9 Å². The molecule has 0 atom stereocenters. The second-order valence-electron chi connectivity index (χ2n) is 6.63. The number of hydrogen-bond donors (Lipinski definition) is 2.